The van der Waals surface area contributed by atoms with E-state index in [0.29, 0.717) is 34.8 Å². The van der Waals surface area contributed by atoms with E-state index in [1.807, 2.05) is 27.7 Å². The molecule has 1 aromatic carbocycles. The minimum atomic E-state index is -0.328. The standard InChI is InChI=1S/C34H44N6O4/c1-23(2)43-33(41)29-7-5-15-35-31(29)39-17-13-27(21-39)37-19-25-9-11-26(12-10-25)20-38-28-14-18-40(22-28)32-30(8-6-16-36-32)34(42)44-24(3)4/h5-12,15-16,23-24,27-28,37-38H,13-14,17-22H2,1-4H3. The number of aromatic nitrogens is 2. The summed E-state index contributed by atoms with van der Waals surface area (Å²) in [6.07, 6.45) is 5.07. The summed E-state index contributed by atoms with van der Waals surface area (Å²) in [6, 6.07) is 16.5. The lowest BCUT2D eigenvalue weighted by Crippen LogP contribution is -2.33. The zero-order chi connectivity index (χ0) is 31.1. The Morgan fingerprint density at radius 1 is 0.727 bits per heavy atom. The first-order valence-corrected chi connectivity index (χ1v) is 15.6. The Morgan fingerprint density at radius 3 is 1.52 bits per heavy atom. The van der Waals surface area contributed by atoms with Crippen molar-refractivity contribution in [3.8, 4) is 0 Å². The van der Waals surface area contributed by atoms with E-state index in [1.165, 1.54) is 11.1 Å². The third-order valence-corrected chi connectivity index (χ3v) is 7.89. The lowest BCUT2D eigenvalue weighted by atomic mass is 10.1. The number of anilines is 2. The van der Waals surface area contributed by atoms with Crippen LogP contribution >= 0.6 is 0 Å². The molecular weight excluding hydrogens is 556 g/mol. The monoisotopic (exact) mass is 600 g/mol. The number of esters is 2. The summed E-state index contributed by atoms with van der Waals surface area (Å²) < 4.78 is 10.8. The van der Waals surface area contributed by atoms with E-state index >= 15 is 0 Å². The number of carbonyl (C=O) groups excluding carboxylic acids is 2. The first-order valence-electron chi connectivity index (χ1n) is 15.6. The van der Waals surface area contributed by atoms with Gasteiger partial charge in [0.05, 0.1) is 12.2 Å². The number of pyridine rings is 2. The zero-order valence-corrected chi connectivity index (χ0v) is 26.2. The average molecular weight is 601 g/mol. The molecule has 2 fully saturated rings. The van der Waals surface area contributed by atoms with Gasteiger partial charge in [0.15, 0.2) is 0 Å². The molecule has 5 rings (SSSR count). The van der Waals surface area contributed by atoms with E-state index in [4.69, 9.17) is 9.47 Å². The molecule has 0 aliphatic carbocycles. The number of nitrogens with zero attached hydrogens (tertiary/aromatic N) is 4. The second kappa shape index (κ2) is 14.6. The fourth-order valence-corrected chi connectivity index (χ4v) is 5.71. The van der Waals surface area contributed by atoms with Crippen molar-refractivity contribution < 1.29 is 19.1 Å². The molecular formula is C34H44N6O4. The van der Waals surface area contributed by atoms with Gasteiger partial charge in [0.25, 0.3) is 0 Å². The predicted molar refractivity (Wildman–Crippen MR) is 171 cm³/mol. The van der Waals surface area contributed by atoms with Crippen LogP contribution in [0.15, 0.2) is 60.9 Å². The fraction of sp³-hybridized carbons (Fsp3) is 0.471. The molecule has 2 atom stereocenters. The third-order valence-electron chi connectivity index (χ3n) is 7.89. The quantitative estimate of drug-likeness (QED) is 0.292. The lowest BCUT2D eigenvalue weighted by Gasteiger charge is -2.21. The summed E-state index contributed by atoms with van der Waals surface area (Å²) >= 11 is 0. The molecule has 3 aromatic rings. The molecule has 10 nitrogen and oxygen atoms in total. The van der Waals surface area contributed by atoms with Gasteiger partial charge in [-0.1, -0.05) is 24.3 Å². The molecule has 2 aliphatic rings. The Kier molecular flexibility index (Phi) is 10.4. The molecule has 2 aliphatic heterocycles. The number of nitrogens with one attached hydrogen (secondary N) is 2. The predicted octanol–water partition coefficient (Wildman–Crippen LogP) is 4.34. The Labute approximate surface area is 260 Å². The van der Waals surface area contributed by atoms with E-state index in [2.05, 4.69) is 54.7 Å². The summed E-state index contributed by atoms with van der Waals surface area (Å²) in [6.45, 7) is 12.2. The van der Waals surface area contributed by atoms with Crippen molar-refractivity contribution in [2.45, 2.75) is 77.9 Å². The summed E-state index contributed by atoms with van der Waals surface area (Å²) in [5.41, 5.74) is 3.50. The molecule has 0 amide bonds. The van der Waals surface area contributed by atoms with Gasteiger partial charge in [-0.2, -0.15) is 0 Å². The maximum atomic E-state index is 12.6. The Bertz CT molecular complexity index is 1310. The number of rotatable bonds is 12. The molecule has 44 heavy (non-hydrogen) atoms. The Hall–Kier alpha value is -4.02. The van der Waals surface area contributed by atoms with Gasteiger partial charge in [-0.15, -0.1) is 0 Å². The highest BCUT2D eigenvalue weighted by Crippen LogP contribution is 2.25. The Morgan fingerprint density at radius 2 is 1.14 bits per heavy atom. The maximum Gasteiger partial charge on any atom is 0.342 e. The van der Waals surface area contributed by atoms with Crippen molar-refractivity contribution in [2.75, 3.05) is 36.0 Å². The molecule has 0 spiro atoms. The van der Waals surface area contributed by atoms with E-state index in [1.54, 1.807) is 36.7 Å². The average Bonchev–Trinajstić information content (AvgIpc) is 3.69. The SMILES string of the molecule is CC(C)OC(=O)c1cccnc1N1CCC(NCc2ccc(CNC3CCN(c4ncccc4C(=O)OC(C)C)C3)cc2)C1. The van der Waals surface area contributed by atoms with Crippen molar-refractivity contribution >= 4 is 23.6 Å². The van der Waals surface area contributed by atoms with Gasteiger partial charge in [0.1, 0.15) is 22.8 Å². The molecule has 2 aromatic heterocycles. The summed E-state index contributed by atoms with van der Waals surface area (Å²) in [5.74, 6) is 0.730. The van der Waals surface area contributed by atoms with Gasteiger partial charge in [0.2, 0.25) is 0 Å². The molecule has 2 N–H and O–H groups in total. The van der Waals surface area contributed by atoms with Gasteiger partial charge < -0.3 is 29.9 Å². The molecule has 0 saturated carbocycles. The first-order chi connectivity index (χ1) is 21.3. The van der Waals surface area contributed by atoms with Crippen LogP contribution < -0.4 is 20.4 Å². The van der Waals surface area contributed by atoms with Gasteiger partial charge >= 0.3 is 11.9 Å². The van der Waals surface area contributed by atoms with Crippen LogP contribution in [0.2, 0.25) is 0 Å². The number of carbonyl (C=O) groups is 2. The molecule has 10 heteroatoms. The highest BCUT2D eigenvalue weighted by atomic mass is 16.5. The third kappa shape index (κ3) is 8.12. The van der Waals surface area contributed by atoms with Crippen LogP contribution in [0.25, 0.3) is 0 Å². The fourth-order valence-electron chi connectivity index (χ4n) is 5.71. The van der Waals surface area contributed by atoms with E-state index < -0.39 is 0 Å². The van der Waals surface area contributed by atoms with Crippen molar-refractivity contribution in [3.63, 3.8) is 0 Å². The normalized spacial score (nSPS) is 18.3. The van der Waals surface area contributed by atoms with E-state index in [-0.39, 0.29) is 24.1 Å². The van der Waals surface area contributed by atoms with Crippen LogP contribution in [0.5, 0.6) is 0 Å². The van der Waals surface area contributed by atoms with Crippen molar-refractivity contribution in [2.24, 2.45) is 0 Å². The van der Waals surface area contributed by atoms with Crippen molar-refractivity contribution in [1.82, 2.24) is 20.6 Å². The van der Waals surface area contributed by atoms with Crippen molar-refractivity contribution in [1.29, 1.82) is 0 Å². The Balaban J connectivity index is 1.07. The summed E-state index contributed by atoms with van der Waals surface area (Å²) in [7, 11) is 0. The van der Waals surface area contributed by atoms with Gasteiger partial charge in [-0.05, 0) is 75.9 Å². The highest BCUT2D eigenvalue weighted by molar-refractivity contribution is 5.95. The van der Waals surface area contributed by atoms with Gasteiger partial charge in [-0.25, -0.2) is 19.6 Å². The number of hydrogen-bond acceptors (Lipinski definition) is 10. The van der Waals surface area contributed by atoms with Crippen LogP contribution in [0.3, 0.4) is 0 Å². The van der Waals surface area contributed by atoms with Gasteiger partial charge in [-0.3, -0.25) is 0 Å². The molecule has 234 valence electrons. The number of ether oxygens (including phenoxy) is 2. The topological polar surface area (TPSA) is 109 Å². The van der Waals surface area contributed by atoms with Crippen LogP contribution in [0.1, 0.15) is 72.4 Å². The first kappa shape index (κ1) is 31.4. The number of benzene rings is 1. The lowest BCUT2D eigenvalue weighted by molar-refractivity contribution is 0.0367. The van der Waals surface area contributed by atoms with Gasteiger partial charge in [0, 0.05) is 63.7 Å². The number of hydrogen-bond donors (Lipinski definition) is 2. The highest BCUT2D eigenvalue weighted by Gasteiger charge is 2.28. The molecule has 0 bridgehead atoms. The smallest absolute Gasteiger partial charge is 0.342 e. The molecule has 0 radical (unpaired) electrons. The van der Waals surface area contributed by atoms with Crippen LogP contribution in [-0.2, 0) is 22.6 Å². The van der Waals surface area contributed by atoms with Crippen LogP contribution in [0, 0.1) is 0 Å². The second-order valence-electron chi connectivity index (χ2n) is 12.1. The zero-order valence-electron chi connectivity index (χ0n) is 26.2. The van der Waals surface area contributed by atoms with Crippen LogP contribution in [-0.4, -0.2) is 72.4 Å². The molecule has 2 unspecified atom stereocenters. The summed E-state index contributed by atoms with van der Waals surface area (Å²) in [4.78, 5) is 38.5. The molecule has 4 heterocycles. The minimum Gasteiger partial charge on any atom is -0.459 e. The van der Waals surface area contributed by atoms with E-state index in [9.17, 15) is 9.59 Å². The minimum absolute atomic E-state index is 0.173. The second-order valence-corrected chi connectivity index (χ2v) is 12.1. The largest absolute Gasteiger partial charge is 0.459 e. The van der Waals surface area contributed by atoms with E-state index in [0.717, 1.165) is 52.1 Å². The van der Waals surface area contributed by atoms with Crippen molar-refractivity contribution in [3.05, 3.63) is 83.2 Å². The maximum absolute atomic E-state index is 12.6. The summed E-state index contributed by atoms with van der Waals surface area (Å²) in [5, 5.41) is 7.34. The van der Waals surface area contributed by atoms with Crippen LogP contribution in [0.4, 0.5) is 11.6 Å². The molecule has 2 saturated heterocycles.